The number of amides is 2. The van der Waals surface area contributed by atoms with Crippen LogP contribution in [0.5, 0.6) is 0 Å². The van der Waals surface area contributed by atoms with Gasteiger partial charge in [0.25, 0.3) is 0 Å². The zero-order chi connectivity index (χ0) is 17.8. The third-order valence-electron chi connectivity index (χ3n) is 4.52. The lowest BCUT2D eigenvalue weighted by Gasteiger charge is -2.32. The normalized spacial score (nSPS) is 17.4. The summed E-state index contributed by atoms with van der Waals surface area (Å²) >= 11 is 0. The minimum absolute atomic E-state index is 0.0910. The van der Waals surface area contributed by atoms with Gasteiger partial charge >= 0.3 is 6.03 Å². The van der Waals surface area contributed by atoms with E-state index in [4.69, 9.17) is 0 Å². The Balaban J connectivity index is 1.64. The maximum atomic E-state index is 12.6. The van der Waals surface area contributed by atoms with Crippen LogP contribution in [-0.2, 0) is 6.54 Å². The molecule has 0 spiro atoms. The van der Waals surface area contributed by atoms with Gasteiger partial charge in [-0.1, -0.05) is 0 Å². The van der Waals surface area contributed by atoms with Crippen LogP contribution in [0.1, 0.15) is 31.5 Å². The van der Waals surface area contributed by atoms with Gasteiger partial charge in [0.05, 0.1) is 11.9 Å². The second kappa shape index (κ2) is 7.50. The zero-order valence-electron chi connectivity index (χ0n) is 15.0. The molecule has 0 radical (unpaired) electrons. The summed E-state index contributed by atoms with van der Waals surface area (Å²) in [5.74, 6) is 2.06. The number of likely N-dealkylation sites (tertiary alicyclic amines) is 1. The Kier molecular flexibility index (Phi) is 5.16. The maximum absolute atomic E-state index is 12.6. The Hall–Kier alpha value is -2.64. The second-order valence-corrected chi connectivity index (χ2v) is 6.49. The molecule has 3 heterocycles. The predicted octanol–water partition coefficient (Wildman–Crippen LogP) is 2.17. The summed E-state index contributed by atoms with van der Waals surface area (Å²) in [7, 11) is 3.87. The van der Waals surface area contributed by atoms with Gasteiger partial charge in [0.2, 0.25) is 0 Å². The SMILES string of the molecule is CCn1cnnc1C1CCCN(C(=O)Nc2ccc(N(C)C)nc2)C1. The van der Waals surface area contributed by atoms with Gasteiger partial charge in [-0.3, -0.25) is 0 Å². The Labute approximate surface area is 147 Å². The van der Waals surface area contributed by atoms with Crippen LogP contribution in [0.4, 0.5) is 16.3 Å². The van der Waals surface area contributed by atoms with Crippen LogP contribution in [0.3, 0.4) is 0 Å². The number of piperidine rings is 1. The lowest BCUT2D eigenvalue weighted by molar-refractivity contribution is 0.190. The van der Waals surface area contributed by atoms with E-state index in [1.807, 2.05) is 36.0 Å². The lowest BCUT2D eigenvalue weighted by atomic mass is 9.97. The standard InChI is InChI=1S/C17H25N7O/c1-4-23-12-19-21-16(23)13-6-5-9-24(11-13)17(25)20-14-7-8-15(18-10-14)22(2)3/h7-8,10,12-13H,4-6,9,11H2,1-3H3,(H,20,25). The summed E-state index contributed by atoms with van der Waals surface area (Å²) in [6.45, 7) is 4.33. The summed E-state index contributed by atoms with van der Waals surface area (Å²) < 4.78 is 2.05. The molecule has 1 fully saturated rings. The lowest BCUT2D eigenvalue weighted by Crippen LogP contribution is -2.42. The van der Waals surface area contributed by atoms with Crippen molar-refractivity contribution in [3.63, 3.8) is 0 Å². The quantitative estimate of drug-likeness (QED) is 0.920. The fourth-order valence-corrected chi connectivity index (χ4v) is 3.12. The smallest absolute Gasteiger partial charge is 0.321 e. The second-order valence-electron chi connectivity index (χ2n) is 6.49. The molecule has 1 atom stereocenters. The average Bonchev–Trinajstić information content (AvgIpc) is 3.11. The van der Waals surface area contributed by atoms with Gasteiger partial charge < -0.3 is 19.7 Å². The summed E-state index contributed by atoms with van der Waals surface area (Å²) in [6.07, 6.45) is 5.43. The highest BCUT2D eigenvalue weighted by Gasteiger charge is 2.27. The van der Waals surface area contributed by atoms with Crippen LogP contribution < -0.4 is 10.2 Å². The first-order valence-electron chi connectivity index (χ1n) is 8.65. The molecular weight excluding hydrogens is 318 g/mol. The van der Waals surface area contributed by atoms with Gasteiger partial charge in [-0.2, -0.15) is 0 Å². The molecule has 8 nitrogen and oxygen atoms in total. The molecule has 0 aliphatic carbocycles. The van der Waals surface area contributed by atoms with E-state index < -0.39 is 0 Å². The minimum atomic E-state index is -0.0910. The van der Waals surface area contributed by atoms with Crippen LogP contribution in [-0.4, -0.2) is 57.9 Å². The third kappa shape index (κ3) is 3.89. The number of carbonyl (C=O) groups excluding carboxylic acids is 1. The van der Waals surface area contributed by atoms with Gasteiger partial charge in [-0.15, -0.1) is 10.2 Å². The summed E-state index contributed by atoms with van der Waals surface area (Å²) in [4.78, 5) is 20.7. The fourth-order valence-electron chi connectivity index (χ4n) is 3.12. The highest BCUT2D eigenvalue weighted by Crippen LogP contribution is 2.26. The molecule has 1 N–H and O–H groups in total. The Morgan fingerprint density at radius 1 is 1.40 bits per heavy atom. The topological polar surface area (TPSA) is 79.2 Å². The molecule has 0 saturated carbocycles. The summed E-state index contributed by atoms with van der Waals surface area (Å²) in [5.41, 5.74) is 0.703. The molecule has 2 aromatic heterocycles. The molecule has 1 saturated heterocycles. The van der Waals surface area contributed by atoms with E-state index in [9.17, 15) is 4.79 Å². The minimum Gasteiger partial charge on any atom is -0.363 e. The van der Waals surface area contributed by atoms with E-state index in [2.05, 4.69) is 32.0 Å². The number of pyridine rings is 1. The zero-order valence-corrected chi connectivity index (χ0v) is 15.0. The highest BCUT2D eigenvalue weighted by molar-refractivity contribution is 5.89. The van der Waals surface area contributed by atoms with Gasteiger partial charge in [0.15, 0.2) is 0 Å². The summed E-state index contributed by atoms with van der Waals surface area (Å²) in [6, 6.07) is 3.67. The van der Waals surface area contributed by atoms with Crippen LogP contribution >= 0.6 is 0 Å². The van der Waals surface area contributed by atoms with Crippen molar-refractivity contribution in [2.45, 2.75) is 32.2 Å². The van der Waals surface area contributed by atoms with Crippen LogP contribution in [0.25, 0.3) is 0 Å². The molecule has 0 aromatic carbocycles. The first-order valence-corrected chi connectivity index (χ1v) is 8.65. The van der Waals surface area contributed by atoms with Crippen molar-refractivity contribution in [1.82, 2.24) is 24.6 Å². The number of carbonyl (C=O) groups is 1. The number of urea groups is 1. The van der Waals surface area contributed by atoms with Crippen molar-refractivity contribution >= 4 is 17.5 Å². The first-order chi connectivity index (χ1) is 12.1. The van der Waals surface area contributed by atoms with E-state index in [1.165, 1.54) is 0 Å². The van der Waals surface area contributed by atoms with Crippen molar-refractivity contribution in [3.05, 3.63) is 30.5 Å². The van der Waals surface area contributed by atoms with Crippen LogP contribution in [0.2, 0.25) is 0 Å². The largest absolute Gasteiger partial charge is 0.363 e. The van der Waals surface area contributed by atoms with E-state index >= 15 is 0 Å². The van der Waals surface area contributed by atoms with Crippen molar-refractivity contribution < 1.29 is 4.79 Å². The summed E-state index contributed by atoms with van der Waals surface area (Å²) in [5, 5.41) is 11.2. The van der Waals surface area contributed by atoms with Crippen molar-refractivity contribution in [3.8, 4) is 0 Å². The van der Waals surface area contributed by atoms with Crippen molar-refractivity contribution in [2.75, 3.05) is 37.4 Å². The molecule has 8 heteroatoms. The highest BCUT2D eigenvalue weighted by atomic mass is 16.2. The predicted molar refractivity (Wildman–Crippen MR) is 96.8 cm³/mol. The van der Waals surface area contributed by atoms with Gasteiger partial charge in [-0.05, 0) is 31.9 Å². The van der Waals surface area contributed by atoms with Crippen LogP contribution in [0, 0.1) is 0 Å². The first kappa shape index (κ1) is 17.2. The van der Waals surface area contributed by atoms with E-state index in [1.54, 1.807) is 12.5 Å². The number of hydrogen-bond acceptors (Lipinski definition) is 5. The number of rotatable bonds is 4. The van der Waals surface area contributed by atoms with Crippen molar-refractivity contribution in [1.29, 1.82) is 0 Å². The van der Waals surface area contributed by atoms with Gasteiger partial charge in [0.1, 0.15) is 18.0 Å². The van der Waals surface area contributed by atoms with Gasteiger partial charge in [0, 0.05) is 39.6 Å². The molecule has 2 aromatic rings. The van der Waals surface area contributed by atoms with Crippen LogP contribution in [0.15, 0.2) is 24.7 Å². The Morgan fingerprint density at radius 3 is 2.92 bits per heavy atom. The third-order valence-corrected chi connectivity index (χ3v) is 4.52. The Morgan fingerprint density at radius 2 is 2.24 bits per heavy atom. The van der Waals surface area contributed by atoms with Gasteiger partial charge in [-0.25, -0.2) is 9.78 Å². The molecule has 25 heavy (non-hydrogen) atoms. The van der Waals surface area contributed by atoms with E-state index in [0.29, 0.717) is 12.2 Å². The maximum Gasteiger partial charge on any atom is 0.321 e. The molecular formula is C17H25N7O. The van der Waals surface area contributed by atoms with E-state index in [-0.39, 0.29) is 11.9 Å². The number of hydrogen-bond donors (Lipinski definition) is 1. The molecule has 0 bridgehead atoms. The molecule has 1 unspecified atom stereocenters. The van der Waals surface area contributed by atoms with E-state index in [0.717, 1.165) is 37.6 Å². The fraction of sp³-hybridized carbons (Fsp3) is 0.529. The number of nitrogens with one attached hydrogen (secondary N) is 1. The van der Waals surface area contributed by atoms with Crippen molar-refractivity contribution in [2.24, 2.45) is 0 Å². The number of aromatic nitrogens is 4. The number of aryl methyl sites for hydroxylation is 1. The molecule has 3 rings (SSSR count). The number of nitrogens with zero attached hydrogens (tertiary/aromatic N) is 6. The molecule has 2 amide bonds. The average molecular weight is 343 g/mol. The molecule has 1 aliphatic heterocycles. The molecule has 134 valence electrons. The molecule has 1 aliphatic rings. The Bertz CT molecular complexity index is 710. The monoisotopic (exact) mass is 343 g/mol. The number of anilines is 2.